The van der Waals surface area contributed by atoms with Crippen LogP contribution in [0, 0.1) is 11.8 Å². The summed E-state index contributed by atoms with van der Waals surface area (Å²) in [7, 11) is 4.68. The van der Waals surface area contributed by atoms with Crippen LogP contribution in [0.15, 0.2) is 110 Å². The fourth-order valence-electron chi connectivity index (χ4n) is 10.5. The molecule has 0 bridgehead atoms. The SMILES string of the molecule is C=CCOC(=O)C[C@H](C(=O)N[C@@H](C)C(=O)Cc1ccc(COC(=O)N2c3cc(OCCCC(=O)Nc4cn(C)c(C(=O)Nc5ccc(-c6nc7ccc(OC)cc7[nH]6)cc5)n4)c(OC)cc3C(=O)N3CC(=C)C[C@H]3[C@@H]2OC2CCCCO2)cc1)C(C)C. The summed E-state index contributed by atoms with van der Waals surface area (Å²) < 4.78 is 42.8. The molecule has 2 fully saturated rings. The standard InChI is InChI=1S/C64H73N9O14/c1-9-25-84-56(76)32-45(37(2)3)60(77)65-39(5)51(74)29-40-15-17-41(18-16-40)36-86-64(80)73-49-33-53(52(82-8)31-46(49)62(79)72-34-38(4)28-50(72)63(73)87-57-14-10-11-26-85-57)83-27-12-13-55(75)69-54-35-71(6)59(70-54)61(78)66-43-21-19-42(20-22-43)58-67-47-24-23-44(81-7)30-48(47)68-58/h9,15-24,30-31,33,35,37,39,45,50,57,63H,1,4,10-14,25-29,32,34,36H2,2-3,5-8H3,(H,65,77)(H,66,78)(H,67,68)(H,69,75)/t39-,45-,50-,57?,63-/m0/s1. The number of nitrogens with zero attached hydrogens (tertiary/aromatic N) is 5. The first-order valence-corrected chi connectivity index (χ1v) is 28.9. The third-order valence-corrected chi connectivity index (χ3v) is 15.3. The summed E-state index contributed by atoms with van der Waals surface area (Å²) in [6, 6.07) is 21.2. The second-order valence-corrected chi connectivity index (χ2v) is 22.0. The second kappa shape index (κ2) is 28.2. The summed E-state index contributed by atoms with van der Waals surface area (Å²) in [6.07, 6.45) is 2.99. The highest BCUT2D eigenvalue weighted by Crippen LogP contribution is 2.43. The minimum Gasteiger partial charge on any atom is -0.497 e. The molecule has 0 radical (unpaired) electrons. The summed E-state index contributed by atoms with van der Waals surface area (Å²) >= 11 is 0. The molecular formula is C64H73N9O14. The topological polar surface area (TPSA) is 273 Å². The lowest BCUT2D eigenvalue weighted by Gasteiger charge is -2.38. The Morgan fingerprint density at radius 1 is 0.897 bits per heavy atom. The molecule has 1 unspecified atom stereocenters. The highest BCUT2D eigenvalue weighted by molar-refractivity contribution is 6.06. The van der Waals surface area contributed by atoms with Gasteiger partial charge in [0.05, 0.1) is 67.5 Å². The van der Waals surface area contributed by atoms with Crippen molar-refractivity contribution in [2.75, 3.05) is 56.1 Å². The Morgan fingerprint density at radius 2 is 1.67 bits per heavy atom. The quantitative estimate of drug-likeness (QED) is 0.0237. The number of methoxy groups -OCH3 is 2. The number of aryl methyl sites for hydroxylation is 1. The molecule has 87 heavy (non-hydrogen) atoms. The molecular weight excluding hydrogens is 1120 g/mol. The molecule has 5 heterocycles. The third kappa shape index (κ3) is 15.2. The number of imidazole rings is 2. The van der Waals surface area contributed by atoms with Crippen LogP contribution in [0.2, 0.25) is 0 Å². The van der Waals surface area contributed by atoms with Crippen LogP contribution in [0.25, 0.3) is 22.4 Å². The molecule has 5 amide bonds. The number of ketones is 1. The minimum absolute atomic E-state index is 0.00354. The minimum atomic E-state index is -1.10. The number of nitrogens with one attached hydrogen (secondary N) is 4. The van der Waals surface area contributed by atoms with Crippen LogP contribution >= 0.6 is 0 Å². The predicted molar refractivity (Wildman–Crippen MR) is 322 cm³/mol. The van der Waals surface area contributed by atoms with Crippen LogP contribution in [-0.4, -0.2) is 131 Å². The van der Waals surface area contributed by atoms with Gasteiger partial charge in [0.1, 0.15) is 24.8 Å². The van der Waals surface area contributed by atoms with Crippen LogP contribution in [0.3, 0.4) is 0 Å². The highest BCUT2D eigenvalue weighted by Gasteiger charge is 2.49. The van der Waals surface area contributed by atoms with E-state index in [1.165, 1.54) is 41.0 Å². The van der Waals surface area contributed by atoms with Gasteiger partial charge in [-0.2, -0.15) is 0 Å². The number of esters is 1. The maximum atomic E-state index is 14.8. The number of hydrogen-bond acceptors (Lipinski definition) is 16. The number of rotatable bonds is 25. The molecule has 23 nitrogen and oxygen atoms in total. The number of benzene rings is 4. The van der Waals surface area contributed by atoms with E-state index in [1.54, 1.807) is 62.4 Å². The molecule has 2 saturated heterocycles. The van der Waals surface area contributed by atoms with Crippen molar-refractivity contribution in [2.24, 2.45) is 18.9 Å². The number of hydrogen-bond donors (Lipinski definition) is 4. The Balaban J connectivity index is 0.841. The summed E-state index contributed by atoms with van der Waals surface area (Å²) in [6.45, 7) is 13.5. The average molecular weight is 1190 g/mol. The zero-order chi connectivity index (χ0) is 61.9. The van der Waals surface area contributed by atoms with Crippen molar-refractivity contribution in [3.05, 3.63) is 132 Å². The number of aromatic amines is 1. The van der Waals surface area contributed by atoms with Gasteiger partial charge >= 0.3 is 12.1 Å². The van der Waals surface area contributed by atoms with Crippen molar-refractivity contribution >= 4 is 69.7 Å². The first kappa shape index (κ1) is 62.2. The first-order valence-electron chi connectivity index (χ1n) is 28.9. The number of Topliss-reactive ketones (excluding diaryl/α,β-unsaturated/α-hetero) is 1. The fraction of sp³-hybridized carbons (Fsp3) is 0.391. The summed E-state index contributed by atoms with van der Waals surface area (Å²) in [5, 5.41) is 8.37. The van der Waals surface area contributed by atoms with Gasteiger partial charge in [-0.25, -0.2) is 19.7 Å². The Kier molecular flexibility index (Phi) is 20.2. The van der Waals surface area contributed by atoms with Crippen molar-refractivity contribution in [3.63, 3.8) is 0 Å². The molecule has 2 aromatic heterocycles. The molecule has 23 heteroatoms. The van der Waals surface area contributed by atoms with E-state index in [2.05, 4.69) is 44.1 Å². The fourth-order valence-corrected chi connectivity index (χ4v) is 10.5. The number of ether oxygens (including phenoxy) is 7. The van der Waals surface area contributed by atoms with Gasteiger partial charge in [-0.05, 0) is 98.5 Å². The molecule has 3 aliphatic rings. The van der Waals surface area contributed by atoms with Crippen molar-refractivity contribution < 1.29 is 66.7 Å². The molecule has 5 atom stereocenters. The second-order valence-electron chi connectivity index (χ2n) is 22.0. The molecule has 9 rings (SSSR count). The zero-order valence-corrected chi connectivity index (χ0v) is 49.7. The van der Waals surface area contributed by atoms with E-state index >= 15 is 0 Å². The number of H-pyrrole nitrogens is 1. The Bertz CT molecular complexity index is 3530. The maximum absolute atomic E-state index is 14.8. The van der Waals surface area contributed by atoms with E-state index < -0.39 is 60.3 Å². The van der Waals surface area contributed by atoms with Gasteiger partial charge in [-0.15, -0.1) is 0 Å². The Hall–Kier alpha value is -9.35. The van der Waals surface area contributed by atoms with E-state index in [0.717, 1.165) is 35.0 Å². The van der Waals surface area contributed by atoms with Crippen LogP contribution in [-0.2, 0) is 58.2 Å². The summed E-state index contributed by atoms with van der Waals surface area (Å²) in [5.74, 6) is -1.38. The molecule has 4 N–H and O–H groups in total. The Labute approximate surface area is 503 Å². The maximum Gasteiger partial charge on any atom is 0.416 e. The van der Waals surface area contributed by atoms with Gasteiger partial charge < -0.3 is 63.6 Å². The van der Waals surface area contributed by atoms with E-state index in [9.17, 15) is 33.6 Å². The van der Waals surface area contributed by atoms with E-state index in [4.69, 9.17) is 33.2 Å². The van der Waals surface area contributed by atoms with Crippen LogP contribution in [0.1, 0.15) is 97.8 Å². The van der Waals surface area contributed by atoms with Gasteiger partial charge in [-0.1, -0.05) is 62.9 Å². The molecule has 4 aromatic carbocycles. The number of carbonyl (C=O) groups is 7. The van der Waals surface area contributed by atoms with E-state index in [1.807, 2.05) is 44.2 Å². The average Bonchev–Trinajstić information content (AvgIpc) is 1.70. The van der Waals surface area contributed by atoms with Crippen molar-refractivity contribution in [3.8, 4) is 28.6 Å². The van der Waals surface area contributed by atoms with Crippen LogP contribution in [0.4, 0.5) is 22.0 Å². The van der Waals surface area contributed by atoms with Gasteiger partial charge in [0, 0.05) is 62.6 Å². The molecule has 0 spiro atoms. The van der Waals surface area contributed by atoms with Crippen molar-refractivity contribution in [1.29, 1.82) is 0 Å². The van der Waals surface area contributed by atoms with Crippen LogP contribution < -0.4 is 35.1 Å². The van der Waals surface area contributed by atoms with Gasteiger partial charge in [-0.3, -0.25) is 28.8 Å². The van der Waals surface area contributed by atoms with Crippen molar-refractivity contribution in [1.82, 2.24) is 29.7 Å². The Morgan fingerprint density at radius 3 is 2.38 bits per heavy atom. The molecule has 0 saturated carbocycles. The first-order chi connectivity index (χ1) is 41.9. The van der Waals surface area contributed by atoms with Gasteiger partial charge in [0.25, 0.3) is 11.8 Å². The molecule has 6 aromatic rings. The van der Waals surface area contributed by atoms with Gasteiger partial charge in [0.2, 0.25) is 17.6 Å². The number of carbonyl (C=O) groups excluding carboxylic acids is 7. The number of fused-ring (bicyclic) bond motifs is 3. The van der Waals surface area contributed by atoms with E-state index in [0.29, 0.717) is 47.8 Å². The summed E-state index contributed by atoms with van der Waals surface area (Å²) in [4.78, 5) is 110. The van der Waals surface area contributed by atoms with Crippen LogP contribution in [0.5, 0.6) is 17.2 Å². The summed E-state index contributed by atoms with van der Waals surface area (Å²) in [5.41, 5.74) is 5.23. The monoisotopic (exact) mass is 1190 g/mol. The van der Waals surface area contributed by atoms with Gasteiger partial charge in [0.15, 0.2) is 35.6 Å². The normalized spacial score (nSPS) is 17.1. The number of aromatic nitrogens is 4. The van der Waals surface area contributed by atoms with E-state index in [-0.39, 0.29) is 104 Å². The molecule has 458 valence electrons. The number of amides is 5. The zero-order valence-electron chi connectivity index (χ0n) is 49.7. The molecule has 3 aliphatic heterocycles. The largest absolute Gasteiger partial charge is 0.497 e. The lowest BCUT2D eigenvalue weighted by Crippen LogP contribution is -2.54. The third-order valence-electron chi connectivity index (χ3n) is 15.3. The smallest absolute Gasteiger partial charge is 0.416 e. The lowest BCUT2D eigenvalue weighted by molar-refractivity contribution is -0.195. The highest BCUT2D eigenvalue weighted by atomic mass is 16.7. The van der Waals surface area contributed by atoms with Crippen molar-refractivity contribution in [2.45, 2.75) is 103 Å². The lowest BCUT2D eigenvalue weighted by atomic mass is 9.91. The number of anilines is 3. The predicted octanol–water partition coefficient (Wildman–Crippen LogP) is 8.84. The molecule has 0 aliphatic carbocycles.